The summed E-state index contributed by atoms with van der Waals surface area (Å²) in [6.07, 6.45) is 7.11. The molecular weight excluding hydrogens is 446 g/mol. The molecule has 1 aliphatic heterocycles. The van der Waals surface area contributed by atoms with Crippen molar-refractivity contribution in [2.45, 2.75) is 32.7 Å². The second kappa shape index (κ2) is 9.84. The Morgan fingerprint density at radius 3 is 2.71 bits per heavy atom. The molecule has 5 rings (SSSR count). The summed E-state index contributed by atoms with van der Waals surface area (Å²) in [7, 11) is 0. The molecule has 0 bridgehead atoms. The monoisotopic (exact) mass is 471 g/mol. The van der Waals surface area contributed by atoms with Crippen molar-refractivity contribution < 1.29 is 9.53 Å². The van der Waals surface area contributed by atoms with Crippen LogP contribution in [-0.2, 0) is 0 Å². The fraction of sp³-hybridized carbons (Fsp3) is 0.292. The molecule has 0 saturated carbocycles. The van der Waals surface area contributed by atoms with Crippen LogP contribution >= 0.6 is 0 Å². The van der Waals surface area contributed by atoms with Crippen LogP contribution in [0, 0.1) is 0 Å². The fourth-order valence-corrected chi connectivity index (χ4v) is 3.79. The lowest BCUT2D eigenvalue weighted by atomic mass is 10.3. The quantitative estimate of drug-likeness (QED) is 0.429. The summed E-state index contributed by atoms with van der Waals surface area (Å²) in [6, 6.07) is 10.4. The molecule has 1 amide bonds. The summed E-state index contributed by atoms with van der Waals surface area (Å²) in [5.41, 5.74) is 0.797. The summed E-state index contributed by atoms with van der Waals surface area (Å²) >= 11 is 0. The average molecular weight is 472 g/mol. The molecule has 0 spiro atoms. The molecule has 35 heavy (non-hydrogen) atoms. The Morgan fingerprint density at radius 2 is 1.89 bits per heavy atom. The number of hydrogen-bond donors (Lipinski definition) is 1. The van der Waals surface area contributed by atoms with E-state index in [1.54, 1.807) is 42.9 Å². The van der Waals surface area contributed by atoms with Crippen LogP contribution < -0.4 is 15.0 Å². The lowest BCUT2D eigenvalue weighted by molar-refractivity contribution is 0.102. The van der Waals surface area contributed by atoms with Gasteiger partial charge in [0.15, 0.2) is 5.82 Å². The van der Waals surface area contributed by atoms with Gasteiger partial charge in [-0.2, -0.15) is 4.98 Å². The molecule has 1 saturated heterocycles. The van der Waals surface area contributed by atoms with Gasteiger partial charge in [-0.05, 0) is 44.9 Å². The molecule has 5 heterocycles. The van der Waals surface area contributed by atoms with Crippen LogP contribution in [0.1, 0.15) is 43.2 Å². The van der Waals surface area contributed by atoms with Gasteiger partial charge in [-0.15, -0.1) is 10.2 Å². The maximum absolute atomic E-state index is 12.9. The second-order valence-electron chi connectivity index (χ2n) is 8.39. The molecule has 178 valence electrons. The topological polar surface area (TPSA) is 124 Å². The van der Waals surface area contributed by atoms with Crippen molar-refractivity contribution in [3.05, 3.63) is 60.8 Å². The number of carbonyl (C=O) groups is 1. The van der Waals surface area contributed by atoms with Gasteiger partial charge in [0.2, 0.25) is 11.8 Å². The Labute approximate surface area is 202 Å². The molecule has 1 N–H and O–H groups in total. The highest BCUT2D eigenvalue weighted by molar-refractivity contribution is 6.02. The first-order valence-electron chi connectivity index (χ1n) is 11.5. The van der Waals surface area contributed by atoms with E-state index < -0.39 is 5.91 Å². The molecule has 0 atom stereocenters. The number of ether oxygens (including phenoxy) is 1. The van der Waals surface area contributed by atoms with E-state index in [-0.39, 0.29) is 11.7 Å². The first-order valence-corrected chi connectivity index (χ1v) is 11.5. The van der Waals surface area contributed by atoms with Crippen LogP contribution in [0.4, 0.5) is 11.8 Å². The molecule has 4 aromatic rings. The number of aromatic nitrogens is 7. The second-order valence-corrected chi connectivity index (χ2v) is 8.39. The number of amides is 1. The lowest BCUT2D eigenvalue weighted by Gasteiger charge is -2.15. The predicted octanol–water partition coefficient (Wildman–Crippen LogP) is 3.75. The highest BCUT2D eigenvalue weighted by Gasteiger charge is 2.17. The van der Waals surface area contributed by atoms with Crippen molar-refractivity contribution in [1.29, 1.82) is 0 Å². The van der Waals surface area contributed by atoms with Crippen LogP contribution in [0.15, 0.2) is 55.1 Å². The zero-order valence-electron chi connectivity index (χ0n) is 19.5. The van der Waals surface area contributed by atoms with Crippen molar-refractivity contribution >= 4 is 17.7 Å². The van der Waals surface area contributed by atoms with E-state index in [4.69, 9.17) is 4.74 Å². The molecule has 0 unspecified atom stereocenters. The summed E-state index contributed by atoms with van der Waals surface area (Å²) in [6.45, 7) is 5.95. The minimum atomic E-state index is -0.411. The number of nitrogens with zero attached hydrogens (tertiary/aromatic N) is 8. The number of rotatable bonds is 7. The van der Waals surface area contributed by atoms with E-state index in [0.717, 1.165) is 25.9 Å². The molecule has 1 fully saturated rings. The zero-order chi connectivity index (χ0) is 24.2. The van der Waals surface area contributed by atoms with Gasteiger partial charge in [0, 0.05) is 43.7 Å². The largest absolute Gasteiger partial charge is 0.439 e. The Morgan fingerprint density at radius 1 is 1.06 bits per heavy atom. The molecule has 11 nitrogen and oxygen atoms in total. The highest BCUT2D eigenvalue weighted by atomic mass is 16.5. The summed E-state index contributed by atoms with van der Waals surface area (Å²) < 4.78 is 7.81. The van der Waals surface area contributed by atoms with E-state index in [9.17, 15) is 4.79 Å². The first kappa shape index (κ1) is 22.4. The number of hydrogen-bond acceptors (Lipinski definition) is 9. The van der Waals surface area contributed by atoms with Gasteiger partial charge in [-0.25, -0.2) is 9.97 Å². The summed E-state index contributed by atoms with van der Waals surface area (Å²) in [5.74, 6) is 2.09. The van der Waals surface area contributed by atoms with E-state index >= 15 is 0 Å². The number of pyridine rings is 2. The van der Waals surface area contributed by atoms with Crippen LogP contribution in [0.2, 0.25) is 0 Å². The SMILES string of the molecule is CC(C)n1cnnc1-c1cccc(NC(=O)c2cc(Oc3ccnc(N4CCCC4)n3)ccn2)n1. The summed E-state index contributed by atoms with van der Waals surface area (Å²) in [4.78, 5) is 32.6. The van der Waals surface area contributed by atoms with Gasteiger partial charge in [-0.3, -0.25) is 9.78 Å². The molecule has 11 heteroatoms. The van der Waals surface area contributed by atoms with Gasteiger partial charge in [0.25, 0.3) is 5.91 Å². The molecule has 0 aliphatic carbocycles. The van der Waals surface area contributed by atoms with Crippen molar-refractivity contribution in [2.75, 3.05) is 23.3 Å². The maximum Gasteiger partial charge on any atom is 0.275 e. The molecule has 0 aromatic carbocycles. The van der Waals surface area contributed by atoms with E-state index in [0.29, 0.717) is 34.9 Å². The van der Waals surface area contributed by atoms with Crippen molar-refractivity contribution in [3.8, 4) is 23.1 Å². The number of nitrogens with one attached hydrogen (secondary N) is 1. The standard InChI is InChI=1S/C24H25N9O2/c1-16(2)33-15-27-31-22(33)18-6-5-7-20(28-18)29-23(34)19-14-17(8-10-25-19)35-21-9-11-26-24(30-21)32-12-3-4-13-32/h5-11,14-16H,3-4,12-13H2,1-2H3,(H,28,29,34). The average Bonchev–Trinajstić information content (AvgIpc) is 3.57. The highest BCUT2D eigenvalue weighted by Crippen LogP contribution is 2.24. The van der Waals surface area contributed by atoms with Crippen LogP contribution in [0.25, 0.3) is 11.5 Å². The predicted molar refractivity (Wildman–Crippen MR) is 129 cm³/mol. The van der Waals surface area contributed by atoms with Crippen molar-refractivity contribution in [3.63, 3.8) is 0 Å². The minimum absolute atomic E-state index is 0.174. The Balaban J connectivity index is 1.30. The molecular formula is C24H25N9O2. The van der Waals surface area contributed by atoms with Gasteiger partial charge in [0.05, 0.1) is 0 Å². The Bertz CT molecular complexity index is 1330. The van der Waals surface area contributed by atoms with E-state index in [2.05, 4.69) is 40.3 Å². The van der Waals surface area contributed by atoms with E-state index in [1.165, 1.54) is 6.20 Å². The third kappa shape index (κ3) is 5.08. The smallest absolute Gasteiger partial charge is 0.275 e. The summed E-state index contributed by atoms with van der Waals surface area (Å²) in [5, 5.41) is 10.9. The van der Waals surface area contributed by atoms with E-state index in [1.807, 2.05) is 24.5 Å². The van der Waals surface area contributed by atoms with Gasteiger partial charge < -0.3 is 19.5 Å². The fourth-order valence-electron chi connectivity index (χ4n) is 3.79. The van der Waals surface area contributed by atoms with Crippen molar-refractivity contribution in [2.24, 2.45) is 0 Å². The Kier molecular flexibility index (Phi) is 6.29. The van der Waals surface area contributed by atoms with Gasteiger partial charge >= 0.3 is 0 Å². The van der Waals surface area contributed by atoms with Crippen molar-refractivity contribution in [1.82, 2.24) is 34.7 Å². The van der Waals surface area contributed by atoms with Gasteiger partial charge in [-0.1, -0.05) is 6.07 Å². The zero-order valence-corrected chi connectivity index (χ0v) is 19.5. The van der Waals surface area contributed by atoms with Crippen LogP contribution in [0.3, 0.4) is 0 Å². The minimum Gasteiger partial charge on any atom is -0.439 e. The molecule has 1 aliphatic rings. The van der Waals surface area contributed by atoms with Gasteiger partial charge in [0.1, 0.15) is 29.3 Å². The first-order chi connectivity index (χ1) is 17.1. The third-order valence-corrected chi connectivity index (χ3v) is 5.54. The van der Waals surface area contributed by atoms with Crippen LogP contribution in [0.5, 0.6) is 11.6 Å². The normalized spacial score (nSPS) is 13.3. The Hall–Kier alpha value is -4.41. The number of anilines is 2. The third-order valence-electron chi connectivity index (χ3n) is 5.54. The lowest BCUT2D eigenvalue weighted by Crippen LogP contribution is -2.20. The van der Waals surface area contributed by atoms with Crippen LogP contribution in [-0.4, -0.2) is 53.7 Å². The maximum atomic E-state index is 12.9. The number of carbonyl (C=O) groups excluding carboxylic acids is 1. The molecule has 4 aromatic heterocycles. The molecule has 0 radical (unpaired) electrons.